The van der Waals surface area contributed by atoms with Crippen LogP contribution in [0.5, 0.6) is 0 Å². The predicted octanol–water partition coefficient (Wildman–Crippen LogP) is 1.79. The lowest BCUT2D eigenvalue weighted by atomic mass is 9.97. The largest absolute Gasteiger partial charge is 0.468 e. The summed E-state index contributed by atoms with van der Waals surface area (Å²) in [5, 5.41) is 3.39. The fourth-order valence-electron chi connectivity index (χ4n) is 3.45. The first kappa shape index (κ1) is 14.8. The van der Waals surface area contributed by atoms with Gasteiger partial charge in [-0.1, -0.05) is 13.8 Å². The summed E-state index contributed by atoms with van der Waals surface area (Å²) in [5.41, 5.74) is -0.439. The standard InChI is InChI=1S/C15H28N2O2/c1-4-16-15(14(18)19-3)9-8-13(10-15)17(5-2)11-12-6-7-12/h12-13,16H,4-11H2,1-3H3. The molecule has 0 amide bonds. The molecule has 2 unspecified atom stereocenters. The van der Waals surface area contributed by atoms with E-state index in [-0.39, 0.29) is 5.97 Å². The Bertz CT molecular complexity index is 317. The Hall–Kier alpha value is -0.610. The molecular formula is C15H28N2O2. The van der Waals surface area contributed by atoms with Gasteiger partial charge in [-0.3, -0.25) is 4.79 Å². The summed E-state index contributed by atoms with van der Waals surface area (Å²) in [7, 11) is 1.50. The molecule has 2 rings (SSSR count). The van der Waals surface area contributed by atoms with E-state index in [1.807, 2.05) is 0 Å². The highest BCUT2D eigenvalue weighted by Gasteiger charge is 2.47. The van der Waals surface area contributed by atoms with Crippen molar-refractivity contribution in [2.45, 2.75) is 57.5 Å². The molecule has 0 aromatic rings. The Morgan fingerprint density at radius 2 is 2.11 bits per heavy atom. The van der Waals surface area contributed by atoms with Crippen LogP contribution in [-0.2, 0) is 9.53 Å². The Kier molecular flexibility index (Phi) is 4.85. The molecule has 2 atom stereocenters. The molecule has 0 aliphatic heterocycles. The zero-order valence-corrected chi connectivity index (χ0v) is 12.6. The van der Waals surface area contributed by atoms with Crippen molar-refractivity contribution in [3.8, 4) is 0 Å². The molecule has 4 nitrogen and oxygen atoms in total. The van der Waals surface area contributed by atoms with Crippen molar-refractivity contribution in [1.82, 2.24) is 10.2 Å². The van der Waals surface area contributed by atoms with Gasteiger partial charge in [0.15, 0.2) is 0 Å². The van der Waals surface area contributed by atoms with Gasteiger partial charge in [0.1, 0.15) is 5.54 Å². The van der Waals surface area contributed by atoms with Crippen LogP contribution < -0.4 is 5.32 Å². The molecule has 110 valence electrons. The first-order valence-electron chi connectivity index (χ1n) is 7.72. The lowest BCUT2D eigenvalue weighted by Crippen LogP contribution is -2.52. The number of nitrogens with zero attached hydrogens (tertiary/aromatic N) is 1. The molecule has 0 saturated heterocycles. The highest BCUT2D eigenvalue weighted by Crippen LogP contribution is 2.37. The zero-order chi connectivity index (χ0) is 13.9. The van der Waals surface area contributed by atoms with Crippen molar-refractivity contribution in [2.75, 3.05) is 26.7 Å². The Labute approximate surface area is 116 Å². The van der Waals surface area contributed by atoms with E-state index in [0.29, 0.717) is 6.04 Å². The normalized spacial score (nSPS) is 30.8. The number of nitrogens with one attached hydrogen (secondary N) is 1. The molecule has 0 spiro atoms. The molecular weight excluding hydrogens is 240 g/mol. The average Bonchev–Trinajstić information content (AvgIpc) is 3.15. The summed E-state index contributed by atoms with van der Waals surface area (Å²) >= 11 is 0. The lowest BCUT2D eigenvalue weighted by Gasteiger charge is -2.31. The third-order valence-corrected chi connectivity index (χ3v) is 4.69. The summed E-state index contributed by atoms with van der Waals surface area (Å²) < 4.78 is 5.03. The summed E-state index contributed by atoms with van der Waals surface area (Å²) in [4.78, 5) is 14.7. The topological polar surface area (TPSA) is 41.6 Å². The second kappa shape index (κ2) is 6.23. The number of carbonyl (C=O) groups is 1. The summed E-state index contributed by atoms with van der Waals surface area (Å²) in [6, 6.07) is 0.531. The Balaban J connectivity index is 1.99. The number of likely N-dealkylation sites (N-methyl/N-ethyl adjacent to an activating group) is 1. The van der Waals surface area contributed by atoms with E-state index in [2.05, 4.69) is 24.1 Å². The minimum absolute atomic E-state index is 0.0840. The quantitative estimate of drug-likeness (QED) is 0.715. The number of rotatable bonds is 7. The van der Waals surface area contributed by atoms with Gasteiger partial charge in [-0.25, -0.2) is 0 Å². The molecule has 0 radical (unpaired) electrons. The van der Waals surface area contributed by atoms with Gasteiger partial charge >= 0.3 is 5.97 Å². The van der Waals surface area contributed by atoms with Gasteiger partial charge < -0.3 is 15.0 Å². The van der Waals surface area contributed by atoms with E-state index in [0.717, 1.165) is 38.3 Å². The maximum atomic E-state index is 12.1. The van der Waals surface area contributed by atoms with Crippen LogP contribution in [0, 0.1) is 5.92 Å². The second-order valence-corrected chi connectivity index (χ2v) is 6.03. The van der Waals surface area contributed by atoms with Crippen LogP contribution in [0.4, 0.5) is 0 Å². The van der Waals surface area contributed by atoms with E-state index < -0.39 is 5.54 Å². The molecule has 19 heavy (non-hydrogen) atoms. The van der Waals surface area contributed by atoms with Crippen LogP contribution in [0.2, 0.25) is 0 Å². The van der Waals surface area contributed by atoms with Gasteiger partial charge in [0.05, 0.1) is 7.11 Å². The maximum absolute atomic E-state index is 12.1. The smallest absolute Gasteiger partial charge is 0.326 e. The Morgan fingerprint density at radius 3 is 2.63 bits per heavy atom. The fraction of sp³-hybridized carbons (Fsp3) is 0.933. The van der Waals surface area contributed by atoms with Crippen LogP contribution >= 0.6 is 0 Å². The van der Waals surface area contributed by atoms with Crippen LogP contribution in [0.3, 0.4) is 0 Å². The highest BCUT2D eigenvalue weighted by atomic mass is 16.5. The summed E-state index contributed by atoms with van der Waals surface area (Å²) in [6.07, 6.45) is 5.67. The molecule has 2 aliphatic rings. The van der Waals surface area contributed by atoms with Gasteiger partial charge in [-0.05, 0) is 51.1 Å². The predicted molar refractivity (Wildman–Crippen MR) is 76.0 cm³/mol. The lowest BCUT2D eigenvalue weighted by molar-refractivity contribution is -0.148. The Morgan fingerprint density at radius 1 is 1.37 bits per heavy atom. The van der Waals surface area contributed by atoms with E-state index in [9.17, 15) is 4.79 Å². The number of carbonyl (C=O) groups excluding carboxylic acids is 1. The van der Waals surface area contributed by atoms with Crippen molar-refractivity contribution < 1.29 is 9.53 Å². The number of methoxy groups -OCH3 is 1. The molecule has 0 heterocycles. The van der Waals surface area contributed by atoms with Gasteiger partial charge in [-0.2, -0.15) is 0 Å². The van der Waals surface area contributed by atoms with E-state index in [4.69, 9.17) is 4.74 Å². The SMILES string of the molecule is CCNC1(C(=O)OC)CCC(N(CC)CC2CC2)C1. The third-order valence-electron chi connectivity index (χ3n) is 4.69. The summed E-state index contributed by atoms with van der Waals surface area (Å²) in [6.45, 7) is 7.40. The third kappa shape index (κ3) is 3.29. The van der Waals surface area contributed by atoms with Crippen molar-refractivity contribution >= 4 is 5.97 Å². The van der Waals surface area contributed by atoms with E-state index >= 15 is 0 Å². The minimum atomic E-state index is -0.439. The van der Waals surface area contributed by atoms with Crippen LogP contribution in [0.15, 0.2) is 0 Å². The summed E-state index contributed by atoms with van der Waals surface area (Å²) in [5.74, 6) is 0.825. The maximum Gasteiger partial charge on any atom is 0.326 e. The molecule has 0 bridgehead atoms. The molecule has 2 aliphatic carbocycles. The molecule has 2 fully saturated rings. The molecule has 1 N–H and O–H groups in total. The minimum Gasteiger partial charge on any atom is -0.468 e. The molecule has 2 saturated carbocycles. The number of hydrogen-bond donors (Lipinski definition) is 1. The van der Waals surface area contributed by atoms with Crippen molar-refractivity contribution in [1.29, 1.82) is 0 Å². The van der Waals surface area contributed by atoms with Gasteiger partial charge in [0.2, 0.25) is 0 Å². The van der Waals surface area contributed by atoms with Gasteiger partial charge in [0.25, 0.3) is 0 Å². The van der Waals surface area contributed by atoms with Crippen LogP contribution in [0.25, 0.3) is 0 Å². The van der Waals surface area contributed by atoms with E-state index in [1.165, 1.54) is 26.5 Å². The second-order valence-electron chi connectivity index (χ2n) is 6.03. The highest BCUT2D eigenvalue weighted by molar-refractivity contribution is 5.81. The average molecular weight is 268 g/mol. The van der Waals surface area contributed by atoms with Gasteiger partial charge in [-0.15, -0.1) is 0 Å². The molecule has 0 aromatic carbocycles. The van der Waals surface area contributed by atoms with Crippen molar-refractivity contribution in [3.05, 3.63) is 0 Å². The zero-order valence-electron chi connectivity index (χ0n) is 12.6. The first-order chi connectivity index (χ1) is 9.15. The molecule has 4 heteroatoms. The van der Waals surface area contributed by atoms with Crippen molar-refractivity contribution in [3.63, 3.8) is 0 Å². The van der Waals surface area contributed by atoms with E-state index in [1.54, 1.807) is 0 Å². The van der Waals surface area contributed by atoms with Crippen LogP contribution in [-0.4, -0.2) is 49.2 Å². The van der Waals surface area contributed by atoms with Crippen LogP contribution in [0.1, 0.15) is 46.0 Å². The monoisotopic (exact) mass is 268 g/mol. The fourth-order valence-corrected chi connectivity index (χ4v) is 3.45. The van der Waals surface area contributed by atoms with Gasteiger partial charge in [0, 0.05) is 12.6 Å². The first-order valence-corrected chi connectivity index (χ1v) is 7.72. The number of hydrogen-bond acceptors (Lipinski definition) is 4. The number of ether oxygens (including phenoxy) is 1. The molecule has 0 aromatic heterocycles. The number of esters is 1. The van der Waals surface area contributed by atoms with Crippen molar-refractivity contribution in [2.24, 2.45) is 5.92 Å².